The van der Waals surface area contributed by atoms with Crippen molar-refractivity contribution >= 4 is 9.84 Å². The first-order chi connectivity index (χ1) is 9.48. The molecular formula is C17H22O2S. The highest BCUT2D eigenvalue weighted by molar-refractivity contribution is 7.92. The lowest BCUT2D eigenvalue weighted by molar-refractivity contribution is 0.0339. The average Bonchev–Trinajstić information content (AvgIpc) is 2.37. The molecule has 0 spiro atoms. The summed E-state index contributed by atoms with van der Waals surface area (Å²) in [7, 11) is -3.17. The summed E-state index contributed by atoms with van der Waals surface area (Å²) in [5.41, 5.74) is 1.12. The summed E-state index contributed by atoms with van der Waals surface area (Å²) >= 11 is 0. The van der Waals surface area contributed by atoms with Crippen LogP contribution in [0, 0.1) is 24.7 Å². The van der Waals surface area contributed by atoms with Gasteiger partial charge >= 0.3 is 0 Å². The highest BCUT2D eigenvalue weighted by Gasteiger charge is 2.57. The van der Waals surface area contributed by atoms with Crippen LogP contribution in [0.15, 0.2) is 29.2 Å². The minimum absolute atomic E-state index is 0.434. The van der Waals surface area contributed by atoms with Gasteiger partial charge in [-0.15, -0.1) is 0 Å². The van der Waals surface area contributed by atoms with E-state index in [1.54, 1.807) is 0 Å². The van der Waals surface area contributed by atoms with Gasteiger partial charge in [0.15, 0.2) is 9.84 Å². The molecule has 4 aliphatic rings. The Hall–Kier alpha value is -0.830. The summed E-state index contributed by atoms with van der Waals surface area (Å²) in [6.45, 7) is 2.00. The molecule has 0 aromatic heterocycles. The summed E-state index contributed by atoms with van der Waals surface area (Å²) in [5, 5.41) is 0. The minimum atomic E-state index is -3.17. The van der Waals surface area contributed by atoms with Gasteiger partial charge < -0.3 is 0 Å². The first-order valence-electron chi connectivity index (χ1n) is 7.80. The molecule has 1 aromatic rings. The molecule has 4 bridgehead atoms. The monoisotopic (exact) mass is 290 g/mol. The SMILES string of the molecule is Cc1ccc(S(=O)(=O)C23CC4CC(CC(C4)C2)C3)cc1. The largest absolute Gasteiger partial charge is 0.223 e. The molecule has 4 fully saturated rings. The van der Waals surface area contributed by atoms with E-state index in [-0.39, 0.29) is 0 Å². The van der Waals surface area contributed by atoms with Gasteiger partial charge in [-0.05, 0) is 75.3 Å². The first-order valence-corrected chi connectivity index (χ1v) is 9.28. The quantitative estimate of drug-likeness (QED) is 0.831. The zero-order chi connectivity index (χ0) is 14.0. The Labute approximate surface area is 121 Å². The summed E-state index contributed by atoms with van der Waals surface area (Å²) in [5.74, 6) is 2.00. The molecule has 20 heavy (non-hydrogen) atoms. The molecule has 0 atom stereocenters. The highest BCUT2D eigenvalue weighted by atomic mass is 32.2. The Morgan fingerprint density at radius 1 is 0.900 bits per heavy atom. The van der Waals surface area contributed by atoms with Crippen LogP contribution in [0.4, 0.5) is 0 Å². The number of aryl methyl sites for hydroxylation is 1. The van der Waals surface area contributed by atoms with Gasteiger partial charge in [0.1, 0.15) is 0 Å². The third kappa shape index (κ3) is 1.71. The lowest BCUT2D eigenvalue weighted by Crippen LogP contribution is -2.54. The third-order valence-electron chi connectivity index (χ3n) is 5.88. The van der Waals surface area contributed by atoms with Crippen LogP contribution in [0.25, 0.3) is 0 Å². The van der Waals surface area contributed by atoms with Crippen LogP contribution < -0.4 is 0 Å². The van der Waals surface area contributed by atoms with E-state index in [1.807, 2.05) is 31.2 Å². The Bertz CT molecular complexity index is 592. The van der Waals surface area contributed by atoms with Crippen molar-refractivity contribution in [2.24, 2.45) is 17.8 Å². The predicted molar refractivity (Wildman–Crippen MR) is 79.3 cm³/mol. The van der Waals surface area contributed by atoms with Gasteiger partial charge in [0.25, 0.3) is 0 Å². The molecular weight excluding hydrogens is 268 g/mol. The molecule has 1 aromatic carbocycles. The topological polar surface area (TPSA) is 34.1 Å². The maximum Gasteiger partial charge on any atom is 0.184 e. The van der Waals surface area contributed by atoms with Crippen molar-refractivity contribution in [2.75, 3.05) is 0 Å². The predicted octanol–water partition coefficient (Wildman–Crippen LogP) is 3.74. The Balaban J connectivity index is 1.77. The fourth-order valence-corrected chi connectivity index (χ4v) is 7.69. The minimum Gasteiger partial charge on any atom is -0.223 e. The van der Waals surface area contributed by atoms with Gasteiger partial charge in [0, 0.05) is 0 Å². The lowest BCUT2D eigenvalue weighted by Gasteiger charge is -2.55. The van der Waals surface area contributed by atoms with Crippen molar-refractivity contribution in [1.29, 1.82) is 0 Å². The normalized spacial score (nSPS) is 39.1. The van der Waals surface area contributed by atoms with Crippen molar-refractivity contribution < 1.29 is 8.42 Å². The molecule has 108 valence electrons. The molecule has 0 N–H and O–H groups in total. The van der Waals surface area contributed by atoms with Crippen molar-refractivity contribution in [3.8, 4) is 0 Å². The van der Waals surface area contributed by atoms with Gasteiger partial charge in [-0.1, -0.05) is 17.7 Å². The third-order valence-corrected chi connectivity index (χ3v) is 8.42. The van der Waals surface area contributed by atoms with Crippen LogP contribution in [-0.2, 0) is 9.84 Å². The summed E-state index contributed by atoms with van der Waals surface area (Å²) in [6, 6.07) is 7.47. The molecule has 0 radical (unpaired) electrons. The molecule has 0 amide bonds. The van der Waals surface area contributed by atoms with E-state index in [9.17, 15) is 8.42 Å². The van der Waals surface area contributed by atoms with E-state index in [1.165, 1.54) is 19.3 Å². The van der Waals surface area contributed by atoms with Crippen molar-refractivity contribution in [2.45, 2.75) is 55.1 Å². The van der Waals surface area contributed by atoms with E-state index in [0.29, 0.717) is 22.6 Å². The van der Waals surface area contributed by atoms with Crippen LogP contribution in [-0.4, -0.2) is 13.2 Å². The molecule has 4 aliphatic carbocycles. The van der Waals surface area contributed by atoms with Crippen LogP contribution >= 0.6 is 0 Å². The number of rotatable bonds is 2. The molecule has 4 saturated carbocycles. The second-order valence-corrected chi connectivity index (χ2v) is 9.76. The van der Waals surface area contributed by atoms with Crippen LogP contribution in [0.3, 0.4) is 0 Å². The van der Waals surface area contributed by atoms with Crippen molar-refractivity contribution in [3.05, 3.63) is 29.8 Å². The van der Waals surface area contributed by atoms with E-state index in [0.717, 1.165) is 24.8 Å². The van der Waals surface area contributed by atoms with Gasteiger partial charge in [-0.3, -0.25) is 0 Å². The Morgan fingerprint density at radius 2 is 1.35 bits per heavy atom. The maximum absolute atomic E-state index is 13.2. The first kappa shape index (κ1) is 12.9. The lowest BCUT2D eigenvalue weighted by atomic mass is 9.56. The summed E-state index contributed by atoms with van der Waals surface area (Å²) < 4.78 is 26.0. The number of hydrogen-bond acceptors (Lipinski definition) is 2. The van der Waals surface area contributed by atoms with Crippen LogP contribution in [0.2, 0.25) is 0 Å². The van der Waals surface area contributed by atoms with E-state index in [2.05, 4.69) is 0 Å². The van der Waals surface area contributed by atoms with Gasteiger partial charge in [-0.25, -0.2) is 8.42 Å². The Kier molecular flexibility index (Phi) is 2.64. The van der Waals surface area contributed by atoms with E-state index >= 15 is 0 Å². The molecule has 3 heteroatoms. The Morgan fingerprint density at radius 3 is 1.80 bits per heavy atom. The molecule has 0 saturated heterocycles. The molecule has 0 unspecified atom stereocenters. The zero-order valence-electron chi connectivity index (χ0n) is 12.0. The van der Waals surface area contributed by atoms with Crippen molar-refractivity contribution in [1.82, 2.24) is 0 Å². The molecule has 5 rings (SSSR count). The van der Waals surface area contributed by atoms with E-state index < -0.39 is 14.6 Å². The van der Waals surface area contributed by atoms with Gasteiger partial charge in [-0.2, -0.15) is 0 Å². The second-order valence-electron chi connectivity index (χ2n) is 7.42. The smallest absolute Gasteiger partial charge is 0.184 e. The standard InChI is InChI=1S/C17H22O2S/c1-12-2-4-16(5-3-12)20(18,19)17-9-13-6-14(10-17)8-15(7-13)11-17/h2-5,13-15H,6-11H2,1H3. The highest BCUT2D eigenvalue weighted by Crippen LogP contribution is 2.59. The number of benzene rings is 1. The van der Waals surface area contributed by atoms with E-state index in [4.69, 9.17) is 0 Å². The fraction of sp³-hybridized carbons (Fsp3) is 0.647. The second kappa shape index (κ2) is 4.09. The van der Waals surface area contributed by atoms with Crippen molar-refractivity contribution in [3.63, 3.8) is 0 Å². The molecule has 0 heterocycles. The number of sulfone groups is 1. The molecule has 2 nitrogen and oxygen atoms in total. The molecule has 0 aliphatic heterocycles. The summed E-state index contributed by atoms with van der Waals surface area (Å²) in [4.78, 5) is 0.546. The number of hydrogen-bond donors (Lipinski definition) is 0. The van der Waals surface area contributed by atoms with Gasteiger partial charge in [0.05, 0.1) is 9.64 Å². The van der Waals surface area contributed by atoms with Crippen LogP contribution in [0.1, 0.15) is 44.1 Å². The average molecular weight is 290 g/mol. The zero-order valence-corrected chi connectivity index (χ0v) is 12.8. The van der Waals surface area contributed by atoms with Gasteiger partial charge in [0.2, 0.25) is 0 Å². The summed E-state index contributed by atoms with van der Waals surface area (Å²) in [6.07, 6.45) is 6.58. The van der Waals surface area contributed by atoms with Crippen LogP contribution in [0.5, 0.6) is 0 Å². The fourth-order valence-electron chi connectivity index (χ4n) is 5.33. The maximum atomic E-state index is 13.2.